The molecule has 26 heavy (non-hydrogen) atoms. The molecule has 2 bridgehead atoms. The summed E-state index contributed by atoms with van der Waals surface area (Å²) in [6.07, 6.45) is -0.119. The van der Waals surface area contributed by atoms with Crippen LogP contribution in [0.2, 0.25) is 0 Å². The third kappa shape index (κ3) is 2.21. The molecule has 0 spiro atoms. The summed E-state index contributed by atoms with van der Waals surface area (Å²) in [6, 6.07) is 3.64. The second kappa shape index (κ2) is 5.83. The Morgan fingerprint density at radius 3 is 2.85 bits per heavy atom. The quantitative estimate of drug-likeness (QED) is 0.595. The van der Waals surface area contributed by atoms with Gasteiger partial charge >= 0.3 is 6.09 Å². The molecule has 2 fully saturated rings. The molecule has 0 aliphatic carbocycles. The zero-order valence-corrected chi connectivity index (χ0v) is 14.8. The Labute approximate surface area is 150 Å². The maximum atomic E-state index is 11.3. The number of nitrogens with zero attached hydrogens (tertiary/aromatic N) is 2. The zero-order chi connectivity index (χ0) is 18.6. The predicted octanol–water partition coefficient (Wildman–Crippen LogP) is 0.477. The Balaban J connectivity index is 1.90. The number of rotatable bonds is 5. The van der Waals surface area contributed by atoms with E-state index in [1.807, 2.05) is 7.05 Å². The van der Waals surface area contributed by atoms with Crippen LogP contribution in [-0.4, -0.2) is 69.6 Å². The zero-order valence-electron chi connectivity index (χ0n) is 14.8. The number of hydrogen-bond acceptors (Lipinski definition) is 8. The maximum absolute atomic E-state index is 11.3. The van der Waals surface area contributed by atoms with Crippen molar-refractivity contribution in [2.24, 2.45) is 5.73 Å². The fourth-order valence-electron chi connectivity index (χ4n) is 4.33. The minimum atomic E-state index is -1.05. The van der Waals surface area contributed by atoms with E-state index in [0.29, 0.717) is 23.5 Å². The van der Waals surface area contributed by atoms with E-state index in [1.165, 1.54) is 7.11 Å². The highest BCUT2D eigenvalue weighted by Gasteiger charge is 2.70. The fourth-order valence-corrected chi connectivity index (χ4v) is 4.33. The summed E-state index contributed by atoms with van der Waals surface area (Å²) in [5.41, 5.74) is 7.13. The standard InChI is InChI=1S/C17H21N3O6/c1-19-12-6-20-11-4-9(7-21)5-13(23-2)14(11)10(8-25-16(18)22)17(24-3,26-20)15(12)19/h4-5,7,10,12,15H,6,8H2,1-3H3,(H2,18,22). The number of carbonyl (C=O) groups is 2. The number of hydroxylamine groups is 1. The molecule has 3 aliphatic heterocycles. The van der Waals surface area contributed by atoms with Crippen molar-refractivity contribution >= 4 is 18.1 Å². The summed E-state index contributed by atoms with van der Waals surface area (Å²) in [4.78, 5) is 31.0. The van der Waals surface area contributed by atoms with E-state index in [-0.39, 0.29) is 18.7 Å². The van der Waals surface area contributed by atoms with E-state index in [0.717, 1.165) is 11.8 Å². The van der Waals surface area contributed by atoms with Crippen LogP contribution < -0.4 is 15.5 Å². The van der Waals surface area contributed by atoms with E-state index in [4.69, 9.17) is 24.8 Å². The van der Waals surface area contributed by atoms with Gasteiger partial charge in [0.05, 0.1) is 37.3 Å². The van der Waals surface area contributed by atoms with Crippen molar-refractivity contribution in [2.75, 3.05) is 39.5 Å². The van der Waals surface area contributed by atoms with Gasteiger partial charge in [0.1, 0.15) is 18.6 Å². The first-order valence-electron chi connectivity index (χ1n) is 8.30. The Hall–Kier alpha value is -2.36. The number of amides is 1. The summed E-state index contributed by atoms with van der Waals surface area (Å²) in [7, 11) is 5.09. The van der Waals surface area contributed by atoms with Crippen molar-refractivity contribution in [3.8, 4) is 5.75 Å². The molecule has 2 N–H and O–H groups in total. The molecule has 5 atom stereocenters. The molecule has 0 aromatic heterocycles. The molecule has 1 aromatic rings. The van der Waals surface area contributed by atoms with Crippen molar-refractivity contribution in [3.05, 3.63) is 23.3 Å². The molecule has 9 nitrogen and oxygen atoms in total. The Morgan fingerprint density at radius 2 is 2.23 bits per heavy atom. The summed E-state index contributed by atoms with van der Waals surface area (Å²) in [5.74, 6) is -1.00. The third-order valence-corrected chi connectivity index (χ3v) is 5.57. The number of hydrogen-bond donors (Lipinski definition) is 1. The Kier molecular flexibility index (Phi) is 3.83. The normalized spacial score (nSPS) is 33.7. The fraction of sp³-hybridized carbons (Fsp3) is 0.529. The van der Waals surface area contributed by atoms with Gasteiger partial charge < -0.3 is 19.9 Å². The van der Waals surface area contributed by atoms with Crippen molar-refractivity contribution in [1.29, 1.82) is 0 Å². The minimum Gasteiger partial charge on any atom is -0.496 e. The monoisotopic (exact) mass is 363 g/mol. The third-order valence-electron chi connectivity index (χ3n) is 5.57. The van der Waals surface area contributed by atoms with Crippen LogP contribution in [0.5, 0.6) is 5.75 Å². The average Bonchev–Trinajstić information content (AvgIpc) is 3.30. The van der Waals surface area contributed by atoms with Crippen molar-refractivity contribution < 1.29 is 28.6 Å². The van der Waals surface area contributed by atoms with Gasteiger partial charge in [-0.1, -0.05) is 0 Å². The number of methoxy groups -OCH3 is 2. The lowest BCUT2D eigenvalue weighted by Gasteiger charge is -2.50. The number of ether oxygens (including phenoxy) is 3. The molecular formula is C17H21N3O6. The van der Waals surface area contributed by atoms with E-state index in [9.17, 15) is 9.59 Å². The smallest absolute Gasteiger partial charge is 0.404 e. The highest BCUT2D eigenvalue weighted by atomic mass is 16.8. The highest BCUT2D eigenvalue weighted by Crippen LogP contribution is 2.57. The molecule has 1 amide bonds. The van der Waals surface area contributed by atoms with Gasteiger partial charge in [-0.3, -0.25) is 9.69 Å². The molecule has 5 unspecified atom stereocenters. The topological polar surface area (TPSA) is 103 Å². The van der Waals surface area contributed by atoms with Crippen LogP contribution in [0.1, 0.15) is 21.8 Å². The molecule has 9 heteroatoms. The van der Waals surface area contributed by atoms with Gasteiger partial charge in [-0.05, 0) is 19.2 Å². The van der Waals surface area contributed by atoms with Gasteiger partial charge in [-0.25, -0.2) is 14.7 Å². The van der Waals surface area contributed by atoms with Crippen LogP contribution in [0.4, 0.5) is 10.5 Å². The lowest BCUT2D eigenvalue weighted by molar-refractivity contribution is -0.266. The van der Waals surface area contributed by atoms with Crippen LogP contribution in [0.15, 0.2) is 12.1 Å². The Bertz CT molecular complexity index is 771. The van der Waals surface area contributed by atoms with E-state index in [2.05, 4.69) is 4.90 Å². The van der Waals surface area contributed by atoms with Crippen LogP contribution in [0.3, 0.4) is 0 Å². The van der Waals surface area contributed by atoms with Gasteiger partial charge in [0.15, 0.2) is 0 Å². The van der Waals surface area contributed by atoms with Crippen LogP contribution in [0, 0.1) is 0 Å². The van der Waals surface area contributed by atoms with Crippen LogP contribution >= 0.6 is 0 Å². The minimum absolute atomic E-state index is 0.00818. The van der Waals surface area contributed by atoms with Gasteiger partial charge in [0.2, 0.25) is 5.79 Å². The molecular weight excluding hydrogens is 342 g/mol. The lowest BCUT2D eigenvalue weighted by Crippen LogP contribution is -2.60. The number of fused-ring (bicyclic) bond motifs is 6. The SMILES string of the molecule is COc1cc(C=O)cc2c1C(COC(N)=O)C1(OC)ON2CC2C1N2C. The number of primary amides is 1. The second-order valence-corrected chi connectivity index (χ2v) is 6.71. The molecule has 4 rings (SSSR count). The molecule has 3 aliphatic rings. The number of likely N-dealkylation sites (N-methyl/N-ethyl adjacent to an activating group) is 1. The van der Waals surface area contributed by atoms with Crippen molar-refractivity contribution in [1.82, 2.24) is 4.90 Å². The number of carbonyl (C=O) groups excluding carboxylic acids is 2. The van der Waals surface area contributed by atoms with Crippen LogP contribution in [0.25, 0.3) is 0 Å². The summed E-state index contributed by atoms with van der Waals surface area (Å²) in [5, 5.41) is 1.74. The molecule has 3 heterocycles. The second-order valence-electron chi connectivity index (χ2n) is 6.71. The maximum Gasteiger partial charge on any atom is 0.404 e. The van der Waals surface area contributed by atoms with Crippen molar-refractivity contribution in [3.63, 3.8) is 0 Å². The summed E-state index contributed by atoms with van der Waals surface area (Å²) >= 11 is 0. The van der Waals surface area contributed by atoms with Crippen LogP contribution in [-0.2, 0) is 14.3 Å². The number of benzene rings is 1. The number of aldehydes is 1. The first-order valence-corrected chi connectivity index (χ1v) is 8.30. The molecule has 0 saturated carbocycles. The van der Waals surface area contributed by atoms with Gasteiger partial charge in [0.25, 0.3) is 0 Å². The molecule has 140 valence electrons. The lowest BCUT2D eigenvalue weighted by atomic mass is 9.82. The van der Waals surface area contributed by atoms with E-state index < -0.39 is 17.8 Å². The van der Waals surface area contributed by atoms with Gasteiger partial charge in [-0.2, -0.15) is 0 Å². The largest absolute Gasteiger partial charge is 0.496 e. The predicted molar refractivity (Wildman–Crippen MR) is 90.2 cm³/mol. The first-order chi connectivity index (χ1) is 12.5. The highest BCUT2D eigenvalue weighted by molar-refractivity contribution is 5.81. The average molecular weight is 363 g/mol. The number of anilines is 1. The molecule has 2 saturated heterocycles. The summed E-state index contributed by atoms with van der Waals surface area (Å²) in [6.45, 7) is 0.603. The van der Waals surface area contributed by atoms with E-state index in [1.54, 1.807) is 24.3 Å². The number of nitrogens with two attached hydrogens (primary N) is 1. The van der Waals surface area contributed by atoms with Crippen molar-refractivity contribution in [2.45, 2.75) is 23.8 Å². The summed E-state index contributed by atoms with van der Waals surface area (Å²) < 4.78 is 16.5. The first kappa shape index (κ1) is 17.1. The molecule has 0 radical (unpaired) electrons. The van der Waals surface area contributed by atoms with E-state index >= 15 is 0 Å². The Morgan fingerprint density at radius 1 is 1.46 bits per heavy atom. The molecule has 1 aromatic carbocycles. The van der Waals surface area contributed by atoms with Gasteiger partial charge in [0, 0.05) is 18.2 Å². The van der Waals surface area contributed by atoms with Gasteiger partial charge in [-0.15, -0.1) is 0 Å².